The highest BCUT2D eigenvalue weighted by molar-refractivity contribution is 6.42. The Balaban J connectivity index is 2.06. The lowest BCUT2D eigenvalue weighted by Gasteiger charge is -2.14. The standard InChI is InChI=1S/C12H14ClN3O/c13-9-5-7-10(8-6-9)14-15-11-3-1-2-4-12(11)16-17/h5-8,14,17H,1-4H2/b15-11-,16-12+. The second-order valence-electron chi connectivity index (χ2n) is 3.93. The number of hydrogen-bond acceptors (Lipinski definition) is 4. The maximum atomic E-state index is 8.86. The summed E-state index contributed by atoms with van der Waals surface area (Å²) in [5.74, 6) is 0. The fraction of sp³-hybridized carbons (Fsp3) is 0.333. The van der Waals surface area contributed by atoms with Crippen molar-refractivity contribution in [1.82, 2.24) is 0 Å². The van der Waals surface area contributed by atoms with Crippen LogP contribution in [0.1, 0.15) is 25.7 Å². The average molecular weight is 252 g/mol. The lowest BCUT2D eigenvalue weighted by atomic mass is 9.96. The van der Waals surface area contributed by atoms with Crippen LogP contribution in [0.4, 0.5) is 5.69 Å². The Labute approximate surface area is 105 Å². The van der Waals surface area contributed by atoms with Crippen molar-refractivity contribution in [3.63, 3.8) is 0 Å². The molecule has 0 heterocycles. The molecule has 0 atom stereocenters. The van der Waals surface area contributed by atoms with E-state index in [-0.39, 0.29) is 0 Å². The van der Waals surface area contributed by atoms with Crippen LogP contribution in [0.25, 0.3) is 0 Å². The van der Waals surface area contributed by atoms with E-state index < -0.39 is 0 Å². The number of hydrogen-bond donors (Lipinski definition) is 2. The Morgan fingerprint density at radius 1 is 1.06 bits per heavy atom. The molecule has 0 bridgehead atoms. The van der Waals surface area contributed by atoms with Crippen molar-refractivity contribution in [3.05, 3.63) is 29.3 Å². The quantitative estimate of drug-likeness (QED) is 0.624. The SMILES string of the molecule is O/N=C1\CCCC\C1=N\Nc1ccc(Cl)cc1. The van der Waals surface area contributed by atoms with Crippen molar-refractivity contribution in [2.24, 2.45) is 10.3 Å². The van der Waals surface area contributed by atoms with Crippen LogP contribution in [0.3, 0.4) is 0 Å². The van der Waals surface area contributed by atoms with E-state index in [9.17, 15) is 0 Å². The highest BCUT2D eigenvalue weighted by Crippen LogP contribution is 2.16. The van der Waals surface area contributed by atoms with Gasteiger partial charge in [-0.1, -0.05) is 16.8 Å². The van der Waals surface area contributed by atoms with Crippen LogP contribution in [0.5, 0.6) is 0 Å². The topological polar surface area (TPSA) is 57.0 Å². The van der Waals surface area contributed by atoms with Gasteiger partial charge in [0.05, 0.1) is 11.4 Å². The predicted octanol–water partition coefficient (Wildman–Crippen LogP) is 3.51. The molecule has 1 aromatic carbocycles. The number of hydrazone groups is 1. The third-order valence-electron chi connectivity index (χ3n) is 2.70. The van der Waals surface area contributed by atoms with Gasteiger partial charge in [0.25, 0.3) is 0 Å². The van der Waals surface area contributed by atoms with Crippen LogP contribution in [-0.4, -0.2) is 16.6 Å². The van der Waals surface area contributed by atoms with Crippen molar-refractivity contribution in [1.29, 1.82) is 0 Å². The smallest absolute Gasteiger partial charge is 0.103 e. The molecule has 0 radical (unpaired) electrons. The van der Waals surface area contributed by atoms with Gasteiger partial charge in [-0.25, -0.2) is 0 Å². The van der Waals surface area contributed by atoms with E-state index in [1.807, 2.05) is 12.1 Å². The maximum absolute atomic E-state index is 8.86. The Hall–Kier alpha value is -1.55. The van der Waals surface area contributed by atoms with Crippen molar-refractivity contribution >= 4 is 28.7 Å². The molecule has 0 saturated heterocycles. The zero-order valence-corrected chi connectivity index (χ0v) is 10.1. The molecule has 0 aromatic heterocycles. The van der Waals surface area contributed by atoms with E-state index in [1.54, 1.807) is 12.1 Å². The van der Waals surface area contributed by atoms with Gasteiger partial charge in [-0.15, -0.1) is 0 Å². The van der Waals surface area contributed by atoms with Gasteiger partial charge in [0.2, 0.25) is 0 Å². The Morgan fingerprint density at radius 3 is 2.35 bits per heavy atom. The summed E-state index contributed by atoms with van der Waals surface area (Å²) < 4.78 is 0. The van der Waals surface area contributed by atoms with E-state index in [2.05, 4.69) is 15.7 Å². The first-order chi connectivity index (χ1) is 8.29. The monoisotopic (exact) mass is 251 g/mol. The molecule has 0 spiro atoms. The minimum Gasteiger partial charge on any atom is -0.411 e. The number of rotatable bonds is 2. The second kappa shape index (κ2) is 5.68. The van der Waals surface area contributed by atoms with Gasteiger partial charge >= 0.3 is 0 Å². The first-order valence-electron chi connectivity index (χ1n) is 5.59. The van der Waals surface area contributed by atoms with Crippen molar-refractivity contribution in [2.45, 2.75) is 25.7 Å². The van der Waals surface area contributed by atoms with Crippen molar-refractivity contribution in [2.75, 3.05) is 5.43 Å². The summed E-state index contributed by atoms with van der Waals surface area (Å²) in [6.07, 6.45) is 3.77. The summed E-state index contributed by atoms with van der Waals surface area (Å²) in [5, 5.41) is 17.1. The van der Waals surface area contributed by atoms with Gasteiger partial charge < -0.3 is 5.21 Å². The number of benzene rings is 1. The number of nitrogens with one attached hydrogen (secondary N) is 1. The molecule has 0 unspecified atom stereocenters. The maximum Gasteiger partial charge on any atom is 0.103 e. The fourth-order valence-electron chi connectivity index (χ4n) is 1.76. The molecule has 5 heteroatoms. The molecule has 1 aliphatic carbocycles. The molecular weight excluding hydrogens is 238 g/mol. The third-order valence-corrected chi connectivity index (χ3v) is 2.95. The van der Waals surface area contributed by atoms with Crippen LogP contribution in [0, 0.1) is 0 Å². The van der Waals surface area contributed by atoms with E-state index in [0.29, 0.717) is 10.7 Å². The fourth-order valence-corrected chi connectivity index (χ4v) is 1.88. The molecule has 17 heavy (non-hydrogen) atoms. The average Bonchev–Trinajstić information content (AvgIpc) is 2.38. The zero-order valence-electron chi connectivity index (χ0n) is 9.36. The predicted molar refractivity (Wildman–Crippen MR) is 70.2 cm³/mol. The molecule has 90 valence electrons. The number of anilines is 1. The molecule has 1 fully saturated rings. The van der Waals surface area contributed by atoms with Crippen molar-refractivity contribution in [3.8, 4) is 0 Å². The van der Waals surface area contributed by atoms with Gasteiger partial charge in [0, 0.05) is 5.02 Å². The van der Waals surface area contributed by atoms with E-state index in [1.165, 1.54) is 0 Å². The molecule has 0 amide bonds. The molecule has 0 aliphatic heterocycles. The van der Waals surface area contributed by atoms with Gasteiger partial charge in [-0.05, 0) is 49.9 Å². The second-order valence-corrected chi connectivity index (χ2v) is 4.37. The molecule has 1 aliphatic rings. The minimum absolute atomic E-state index is 0.678. The Kier molecular flexibility index (Phi) is 3.98. The zero-order chi connectivity index (χ0) is 12.1. The number of halogens is 1. The van der Waals surface area contributed by atoms with E-state index >= 15 is 0 Å². The van der Waals surface area contributed by atoms with Crippen molar-refractivity contribution < 1.29 is 5.21 Å². The Morgan fingerprint density at radius 2 is 1.71 bits per heavy atom. The molecular formula is C12H14ClN3O. The van der Waals surface area contributed by atoms with Gasteiger partial charge in [-0.2, -0.15) is 5.10 Å². The molecule has 1 saturated carbocycles. The van der Waals surface area contributed by atoms with Gasteiger partial charge in [0.15, 0.2) is 0 Å². The lowest BCUT2D eigenvalue weighted by molar-refractivity contribution is 0.318. The molecule has 1 aromatic rings. The summed E-state index contributed by atoms with van der Waals surface area (Å²) >= 11 is 5.79. The van der Waals surface area contributed by atoms with Crippen LogP contribution in [0.15, 0.2) is 34.5 Å². The van der Waals surface area contributed by atoms with Crippen LogP contribution in [-0.2, 0) is 0 Å². The number of nitrogens with zero attached hydrogens (tertiary/aromatic N) is 2. The summed E-state index contributed by atoms with van der Waals surface area (Å²) in [4.78, 5) is 0. The third kappa shape index (κ3) is 3.20. The van der Waals surface area contributed by atoms with E-state index in [4.69, 9.17) is 16.8 Å². The summed E-state index contributed by atoms with van der Waals surface area (Å²) in [5.41, 5.74) is 5.31. The first kappa shape index (κ1) is 11.9. The number of oxime groups is 1. The molecule has 2 N–H and O–H groups in total. The van der Waals surface area contributed by atoms with Crippen LogP contribution in [0.2, 0.25) is 5.02 Å². The summed E-state index contributed by atoms with van der Waals surface area (Å²) in [7, 11) is 0. The van der Waals surface area contributed by atoms with Crippen LogP contribution < -0.4 is 5.43 Å². The largest absolute Gasteiger partial charge is 0.411 e. The van der Waals surface area contributed by atoms with Gasteiger partial charge in [0.1, 0.15) is 5.71 Å². The summed E-state index contributed by atoms with van der Waals surface area (Å²) in [6, 6.07) is 7.30. The normalized spacial score (nSPS) is 20.8. The molecule has 2 rings (SSSR count). The Bertz CT molecular complexity index is 440. The first-order valence-corrected chi connectivity index (χ1v) is 5.97. The van der Waals surface area contributed by atoms with Gasteiger partial charge in [-0.3, -0.25) is 5.43 Å². The molecule has 4 nitrogen and oxygen atoms in total. The highest BCUT2D eigenvalue weighted by atomic mass is 35.5. The lowest BCUT2D eigenvalue weighted by Crippen LogP contribution is -2.20. The minimum atomic E-state index is 0.678. The summed E-state index contributed by atoms with van der Waals surface area (Å²) in [6.45, 7) is 0. The van der Waals surface area contributed by atoms with E-state index in [0.717, 1.165) is 37.1 Å². The highest BCUT2D eigenvalue weighted by Gasteiger charge is 2.15. The van der Waals surface area contributed by atoms with Crippen LogP contribution >= 0.6 is 11.6 Å².